The first-order valence-corrected chi connectivity index (χ1v) is 0. The van der Waals surface area contributed by atoms with Gasteiger partial charge in [0.2, 0.25) is 0 Å². The molecule has 0 amide bonds. The Bertz CT molecular complexity index is 0. The van der Waals surface area contributed by atoms with E-state index in [1.54, 1.807) is 0 Å². The summed E-state index contributed by atoms with van der Waals surface area (Å²) in [5.74, 6) is 0. The van der Waals surface area contributed by atoms with Crippen molar-refractivity contribution in [2.24, 2.45) is 0 Å². The number of rotatable bonds is 0. The number of hydrogen-bond acceptors (Lipinski definition) is 0. The van der Waals surface area contributed by atoms with E-state index in [0.29, 0.717) is 0 Å². The average Bonchev–Trinajstić information content (AvgIpc) is 0. The van der Waals surface area contributed by atoms with Gasteiger partial charge in [-0.2, -0.15) is 0 Å². The summed E-state index contributed by atoms with van der Waals surface area (Å²) in [7, 11) is 0. The fraction of sp³-hybridized carbons (Fsp3) is 0. The second-order valence-corrected chi connectivity index (χ2v) is 0. The normalized spacial score (nSPS) is 0. The van der Waals surface area contributed by atoms with Gasteiger partial charge in [0, 0.05) is 612 Å². The Morgan fingerprint density at radius 3 is 0.0303 bits per heavy atom. The fourth-order valence-corrected chi connectivity index (χ4v) is 0. The summed E-state index contributed by atoms with van der Waals surface area (Å²) >= 11 is 0. The average molecular weight is 1680 g/mol. The molecular weight excluding hydrogens is 1680 g/mol. The molecule has 0 rings (SSSR count). The third-order valence-corrected chi connectivity index (χ3v) is 0. The molecule has 33 heavy (non-hydrogen) atoms. The van der Waals surface area contributed by atoms with Crippen molar-refractivity contribution in [1.29, 1.82) is 0 Å². The van der Waals surface area contributed by atoms with Gasteiger partial charge in [0.1, 0.15) is 0 Å². The molecule has 0 spiro atoms. The number of hydrogen-bond donors (Lipinski definition) is 0. The van der Waals surface area contributed by atoms with Crippen LogP contribution in [0.3, 0.4) is 0 Å². The van der Waals surface area contributed by atoms with Crippen LogP contribution in [0.15, 0.2) is 0 Å². The van der Waals surface area contributed by atoms with E-state index in [4.69, 9.17) is 0 Å². The van der Waals surface area contributed by atoms with Crippen LogP contribution in [0.4, 0.5) is 0 Å². The van der Waals surface area contributed by atoms with Crippen LogP contribution in [0, 0.1) is 0 Å². The van der Waals surface area contributed by atoms with E-state index in [1.165, 1.54) is 0 Å². The Morgan fingerprint density at radius 1 is 0.0303 bits per heavy atom. The molecule has 0 saturated heterocycles. The van der Waals surface area contributed by atoms with Gasteiger partial charge in [0.25, 0.3) is 0 Å². The van der Waals surface area contributed by atoms with Crippen molar-refractivity contribution in [2.45, 2.75) is 0 Å². The van der Waals surface area contributed by atoms with Gasteiger partial charge < -0.3 is 0 Å². The molecule has 33 radical (unpaired) electrons. The van der Waals surface area contributed by atoms with Gasteiger partial charge in [-0.05, 0) is 0 Å². The Labute approximate surface area is 596 Å². The molecule has 0 aromatic heterocycles. The summed E-state index contributed by atoms with van der Waals surface area (Å²) in [4.78, 5) is 0. The van der Waals surface area contributed by atoms with E-state index in [-0.39, 0.29) is 612 Å². The molecule has 0 aliphatic rings. The summed E-state index contributed by atoms with van der Waals surface area (Å²) in [6.07, 6.45) is 0. The maximum Gasteiger partial charge on any atom is 0 e. The van der Waals surface area contributed by atoms with E-state index in [1.807, 2.05) is 0 Å². The molecule has 0 heterocycles. The SMILES string of the molecule is [V].[V].[V].[V].[V].[V].[V].[V].[V].[V].[V].[V].[V].[V].[V].[V].[V].[V].[V].[V].[V].[V].[V].[V].[V].[V].[V].[V].[V].[V].[V].[V].[V]. The Hall–Kier alpha value is 19.3. The molecule has 0 aromatic carbocycles. The zero-order chi connectivity index (χ0) is 0. The summed E-state index contributed by atoms with van der Waals surface area (Å²) < 4.78 is 0. The van der Waals surface area contributed by atoms with E-state index < -0.39 is 0 Å². The van der Waals surface area contributed by atoms with Gasteiger partial charge >= 0.3 is 0 Å². The summed E-state index contributed by atoms with van der Waals surface area (Å²) in [6.45, 7) is 0. The third kappa shape index (κ3) is 335. The Kier molecular flexibility index (Phi) is 3910. The standard InChI is InChI=1S/33V. The maximum absolute atomic E-state index is 0. The zero-order valence-electron chi connectivity index (χ0n) is 14.8. The molecule has 33 heteroatoms. The van der Waals surface area contributed by atoms with E-state index in [9.17, 15) is 0 Å². The quantitative estimate of drug-likeness (QED) is 0.319. The first kappa shape index (κ1) is 370. The van der Waals surface area contributed by atoms with Crippen molar-refractivity contribution in [3.05, 3.63) is 0 Å². The molecule has 165 valence electrons. The predicted molar refractivity (Wildman–Crippen MR) is 0 cm³/mol. The van der Waals surface area contributed by atoms with Gasteiger partial charge in [0.05, 0.1) is 0 Å². The van der Waals surface area contributed by atoms with E-state index in [2.05, 4.69) is 0 Å². The van der Waals surface area contributed by atoms with Crippen molar-refractivity contribution in [2.75, 3.05) is 0 Å². The minimum atomic E-state index is 0. The molecule has 0 aliphatic carbocycles. The summed E-state index contributed by atoms with van der Waals surface area (Å²) in [6, 6.07) is 0. The molecule has 0 atom stereocenters. The van der Waals surface area contributed by atoms with Crippen molar-refractivity contribution >= 4 is 0 Å². The van der Waals surface area contributed by atoms with Crippen molar-refractivity contribution in [1.82, 2.24) is 0 Å². The van der Waals surface area contributed by atoms with Crippen LogP contribution in [-0.2, 0) is 612 Å². The first-order chi connectivity index (χ1) is 0. The van der Waals surface area contributed by atoms with Crippen LogP contribution in [0.5, 0.6) is 0 Å². The van der Waals surface area contributed by atoms with Crippen molar-refractivity contribution < 1.29 is 612 Å². The van der Waals surface area contributed by atoms with Crippen LogP contribution in [0.25, 0.3) is 0 Å². The second-order valence-electron chi connectivity index (χ2n) is 0. The van der Waals surface area contributed by atoms with E-state index >= 15 is 0 Å². The maximum atomic E-state index is 0. The van der Waals surface area contributed by atoms with Gasteiger partial charge in [-0.15, -0.1) is 0 Å². The van der Waals surface area contributed by atoms with Crippen LogP contribution in [-0.4, -0.2) is 0 Å². The van der Waals surface area contributed by atoms with Crippen molar-refractivity contribution in [3.8, 4) is 0 Å². The summed E-state index contributed by atoms with van der Waals surface area (Å²) in [5.41, 5.74) is 0. The molecule has 0 N–H and O–H groups in total. The second kappa shape index (κ2) is 349. The smallest absolute Gasteiger partial charge is 0 e. The fourth-order valence-electron chi connectivity index (χ4n) is 0. The van der Waals surface area contributed by atoms with Crippen LogP contribution < -0.4 is 0 Å². The van der Waals surface area contributed by atoms with Crippen molar-refractivity contribution in [3.63, 3.8) is 0 Å². The molecule has 0 fully saturated rings. The van der Waals surface area contributed by atoms with Crippen LogP contribution in [0.1, 0.15) is 0 Å². The summed E-state index contributed by atoms with van der Waals surface area (Å²) in [5, 5.41) is 0. The van der Waals surface area contributed by atoms with Gasteiger partial charge in [-0.1, -0.05) is 0 Å². The predicted octanol–water partition coefficient (Wildman–Crippen LogP) is -0.0825. The molecule has 0 nitrogen and oxygen atoms in total. The Balaban J connectivity index is 0. The van der Waals surface area contributed by atoms with Crippen LogP contribution >= 0.6 is 0 Å². The first-order valence-electron chi connectivity index (χ1n) is 0. The zero-order valence-corrected chi connectivity index (χ0v) is 60.8. The third-order valence-electron chi connectivity index (χ3n) is 0. The molecule has 0 aromatic rings. The van der Waals surface area contributed by atoms with Gasteiger partial charge in [-0.25, -0.2) is 0 Å². The minimum Gasteiger partial charge on any atom is 0 e. The largest absolute Gasteiger partial charge is 0 e. The van der Waals surface area contributed by atoms with E-state index in [0.717, 1.165) is 0 Å². The molecule has 0 bridgehead atoms. The minimum absolute atomic E-state index is 0. The monoisotopic (exact) mass is 1680 g/mol. The van der Waals surface area contributed by atoms with Gasteiger partial charge in [-0.3, -0.25) is 0 Å². The van der Waals surface area contributed by atoms with Gasteiger partial charge in [0.15, 0.2) is 0 Å². The molecule has 0 saturated carbocycles. The molecule has 0 aliphatic heterocycles. The molecule has 0 unspecified atom stereocenters. The molecular formula is V33. The van der Waals surface area contributed by atoms with Crippen LogP contribution in [0.2, 0.25) is 0 Å². The topological polar surface area (TPSA) is 0 Å². The Morgan fingerprint density at radius 2 is 0.0303 bits per heavy atom.